The largest absolute Gasteiger partial charge is 0.455 e. The smallest absolute Gasteiger partial charge is 0.160 e. The van der Waals surface area contributed by atoms with Gasteiger partial charge in [-0.1, -0.05) is 166 Å². The molecule has 1 aliphatic carbocycles. The number of benzene rings is 8. The molecular weight excluding hydrogens is 657 g/mol. The van der Waals surface area contributed by atoms with E-state index in [1.807, 2.05) is 30.3 Å². The summed E-state index contributed by atoms with van der Waals surface area (Å²) in [5.41, 5.74) is 14.1. The zero-order valence-electron chi connectivity index (χ0n) is 30.0. The first-order valence-electron chi connectivity index (χ1n) is 18.6. The normalized spacial score (nSPS) is 13.1. The van der Waals surface area contributed by atoms with E-state index in [-0.39, 0.29) is 5.41 Å². The highest BCUT2D eigenvalue weighted by Crippen LogP contribution is 2.55. The van der Waals surface area contributed by atoms with Crippen molar-refractivity contribution in [1.82, 2.24) is 9.97 Å². The van der Waals surface area contributed by atoms with Crippen LogP contribution in [-0.4, -0.2) is 9.97 Å². The molecule has 254 valence electrons. The molecule has 3 heteroatoms. The summed E-state index contributed by atoms with van der Waals surface area (Å²) in [4.78, 5) is 10.5. The van der Waals surface area contributed by atoms with E-state index >= 15 is 0 Å². The molecule has 11 rings (SSSR count). The quantitative estimate of drug-likeness (QED) is 0.184. The molecule has 0 fully saturated rings. The average molecular weight is 691 g/mol. The first-order valence-corrected chi connectivity index (χ1v) is 18.6. The Bertz CT molecular complexity index is 3130. The van der Waals surface area contributed by atoms with Gasteiger partial charge < -0.3 is 4.42 Å². The van der Waals surface area contributed by atoms with Crippen molar-refractivity contribution in [1.29, 1.82) is 0 Å². The van der Waals surface area contributed by atoms with Crippen molar-refractivity contribution in [3.8, 4) is 56.2 Å². The molecule has 10 aromatic rings. The van der Waals surface area contributed by atoms with E-state index in [2.05, 4.69) is 153 Å². The number of fused-ring (bicyclic) bond motifs is 9. The lowest BCUT2D eigenvalue weighted by atomic mass is 9.80. The lowest BCUT2D eigenvalue weighted by molar-refractivity contribution is 0.666. The van der Waals surface area contributed by atoms with Crippen molar-refractivity contribution < 1.29 is 4.42 Å². The minimum absolute atomic E-state index is 0.134. The van der Waals surface area contributed by atoms with Crippen LogP contribution >= 0.6 is 0 Å². The van der Waals surface area contributed by atoms with Crippen LogP contribution in [0.2, 0.25) is 0 Å². The topological polar surface area (TPSA) is 38.9 Å². The zero-order chi connectivity index (χ0) is 36.0. The number of para-hydroxylation sites is 2. The van der Waals surface area contributed by atoms with Crippen LogP contribution in [0.25, 0.3) is 99.6 Å². The third-order valence-electron chi connectivity index (χ3n) is 11.5. The van der Waals surface area contributed by atoms with Gasteiger partial charge in [-0.05, 0) is 73.1 Å². The Labute approximate surface area is 313 Å². The van der Waals surface area contributed by atoms with Gasteiger partial charge in [-0.3, -0.25) is 0 Å². The summed E-state index contributed by atoms with van der Waals surface area (Å²) in [6, 6.07) is 60.5. The fourth-order valence-electron chi connectivity index (χ4n) is 9.02. The number of aromatic nitrogens is 2. The van der Waals surface area contributed by atoms with Crippen molar-refractivity contribution in [2.24, 2.45) is 0 Å². The van der Waals surface area contributed by atoms with Crippen LogP contribution in [0.15, 0.2) is 174 Å². The molecule has 0 bridgehead atoms. The van der Waals surface area contributed by atoms with Gasteiger partial charge in [-0.25, -0.2) is 9.97 Å². The lowest BCUT2D eigenvalue weighted by Crippen LogP contribution is -2.15. The van der Waals surface area contributed by atoms with E-state index in [1.165, 1.54) is 49.5 Å². The second-order valence-corrected chi connectivity index (χ2v) is 14.9. The summed E-state index contributed by atoms with van der Waals surface area (Å²) in [5.74, 6) is 0.677. The Kier molecular flexibility index (Phi) is 6.60. The number of furan rings is 1. The lowest BCUT2D eigenvalue weighted by Gasteiger charge is -2.23. The van der Waals surface area contributed by atoms with E-state index in [0.717, 1.165) is 55.4 Å². The maximum atomic E-state index is 6.50. The minimum atomic E-state index is -0.134. The summed E-state index contributed by atoms with van der Waals surface area (Å²) in [7, 11) is 0. The van der Waals surface area contributed by atoms with Crippen LogP contribution in [0, 0.1) is 0 Å². The second-order valence-electron chi connectivity index (χ2n) is 14.9. The van der Waals surface area contributed by atoms with Crippen molar-refractivity contribution in [2.45, 2.75) is 19.3 Å². The summed E-state index contributed by atoms with van der Waals surface area (Å²) in [6.07, 6.45) is 0. The van der Waals surface area contributed by atoms with Gasteiger partial charge >= 0.3 is 0 Å². The summed E-state index contributed by atoms with van der Waals surface area (Å²) < 4.78 is 6.50. The van der Waals surface area contributed by atoms with E-state index in [0.29, 0.717) is 5.82 Å². The highest BCUT2D eigenvalue weighted by molar-refractivity contribution is 6.11. The SMILES string of the molecule is CC1(C)c2cccc(-c3ccc(-c4cc(-c5cccc6c5oc5ccccc56)nc(-c5ccccc5)n4)c4ccccc34)c2-c2ccc3ccccc3c21. The minimum Gasteiger partial charge on any atom is -0.455 e. The molecule has 0 radical (unpaired) electrons. The maximum Gasteiger partial charge on any atom is 0.160 e. The van der Waals surface area contributed by atoms with Gasteiger partial charge in [0.15, 0.2) is 5.82 Å². The van der Waals surface area contributed by atoms with Crippen LogP contribution in [0.5, 0.6) is 0 Å². The molecule has 0 unspecified atom stereocenters. The van der Waals surface area contributed by atoms with E-state index in [1.54, 1.807) is 0 Å². The highest BCUT2D eigenvalue weighted by Gasteiger charge is 2.38. The van der Waals surface area contributed by atoms with Gasteiger partial charge in [0.05, 0.1) is 11.4 Å². The van der Waals surface area contributed by atoms with E-state index in [4.69, 9.17) is 14.4 Å². The highest BCUT2D eigenvalue weighted by atomic mass is 16.3. The van der Waals surface area contributed by atoms with Gasteiger partial charge in [-0.15, -0.1) is 0 Å². The fraction of sp³-hybridized carbons (Fsp3) is 0.0588. The van der Waals surface area contributed by atoms with Gasteiger partial charge in [0.2, 0.25) is 0 Å². The molecule has 8 aromatic carbocycles. The van der Waals surface area contributed by atoms with Crippen molar-refractivity contribution in [3.05, 3.63) is 181 Å². The van der Waals surface area contributed by atoms with E-state index < -0.39 is 0 Å². The maximum absolute atomic E-state index is 6.50. The van der Waals surface area contributed by atoms with E-state index in [9.17, 15) is 0 Å². The number of rotatable bonds is 4. The molecule has 0 saturated carbocycles. The molecule has 0 aliphatic heterocycles. The van der Waals surface area contributed by atoms with Gasteiger partial charge in [0.1, 0.15) is 11.2 Å². The molecule has 0 amide bonds. The Morgan fingerprint density at radius 2 is 1.06 bits per heavy atom. The molecule has 2 heterocycles. The first-order chi connectivity index (χ1) is 26.5. The Morgan fingerprint density at radius 1 is 0.444 bits per heavy atom. The Hall–Kier alpha value is -6.84. The van der Waals surface area contributed by atoms with Gasteiger partial charge in [-0.2, -0.15) is 0 Å². The monoisotopic (exact) mass is 690 g/mol. The van der Waals surface area contributed by atoms with Crippen molar-refractivity contribution in [2.75, 3.05) is 0 Å². The Balaban J connectivity index is 1.14. The molecule has 0 saturated heterocycles. The number of hydrogen-bond acceptors (Lipinski definition) is 3. The number of nitrogens with zero attached hydrogens (tertiary/aromatic N) is 2. The molecule has 54 heavy (non-hydrogen) atoms. The molecule has 0 spiro atoms. The summed E-state index contributed by atoms with van der Waals surface area (Å²) >= 11 is 0. The van der Waals surface area contributed by atoms with Crippen LogP contribution in [-0.2, 0) is 5.41 Å². The molecule has 1 aliphatic rings. The predicted octanol–water partition coefficient (Wildman–Crippen LogP) is 13.7. The second kappa shape index (κ2) is 11.6. The predicted molar refractivity (Wildman–Crippen MR) is 224 cm³/mol. The summed E-state index contributed by atoms with van der Waals surface area (Å²) in [6.45, 7) is 4.75. The van der Waals surface area contributed by atoms with Crippen LogP contribution in [0.4, 0.5) is 0 Å². The summed E-state index contributed by atoms with van der Waals surface area (Å²) in [5, 5.41) is 7.12. The molecule has 2 aromatic heterocycles. The molecule has 3 nitrogen and oxygen atoms in total. The van der Waals surface area contributed by atoms with Crippen molar-refractivity contribution in [3.63, 3.8) is 0 Å². The van der Waals surface area contributed by atoms with Crippen LogP contribution in [0.3, 0.4) is 0 Å². The van der Waals surface area contributed by atoms with Gasteiger partial charge in [0.25, 0.3) is 0 Å². The third kappa shape index (κ3) is 4.48. The average Bonchev–Trinajstić information content (AvgIpc) is 3.73. The van der Waals surface area contributed by atoms with Gasteiger partial charge in [0, 0.05) is 32.9 Å². The molecule has 0 N–H and O–H groups in total. The zero-order valence-corrected chi connectivity index (χ0v) is 30.0. The first kappa shape index (κ1) is 30.8. The van der Waals surface area contributed by atoms with Crippen LogP contribution < -0.4 is 0 Å². The molecule has 0 atom stereocenters. The Morgan fingerprint density at radius 3 is 1.89 bits per heavy atom. The fourth-order valence-corrected chi connectivity index (χ4v) is 9.02. The number of hydrogen-bond donors (Lipinski definition) is 0. The molecular formula is C51H34N2O. The third-order valence-corrected chi connectivity index (χ3v) is 11.5. The standard InChI is InChI=1S/C51H34N2O/c1-51(2)43-24-13-21-39(47(43)42-27-26-31-14-6-7-17-33(31)48(42)51)36-28-29-37(35-19-9-8-18-34(35)36)44-30-45(53-50(52-44)32-15-4-3-5-16-32)41-23-12-22-40-38-20-10-11-25-46(38)54-49(40)41/h3-30H,1-2H3. The van der Waals surface area contributed by atoms with Crippen LogP contribution in [0.1, 0.15) is 25.0 Å². The van der Waals surface area contributed by atoms with Crippen molar-refractivity contribution >= 4 is 43.5 Å².